The molecule has 0 aliphatic rings. The number of ether oxygens (including phenoxy) is 1. The SMILES string of the molecule is CC(C)OCCCn1c(SC(C)C(=O)Nc2ccccc2F)nc2cc(Cl)ccc2c1=O. The molecule has 0 saturated carbocycles. The van der Waals surface area contributed by atoms with Crippen LogP contribution < -0.4 is 10.9 Å². The van der Waals surface area contributed by atoms with Crippen molar-refractivity contribution in [3.05, 3.63) is 63.7 Å². The molecule has 170 valence electrons. The molecule has 0 bridgehead atoms. The predicted molar refractivity (Wildman–Crippen MR) is 127 cm³/mol. The number of benzene rings is 2. The number of aromatic nitrogens is 2. The molecule has 0 radical (unpaired) electrons. The molecule has 1 atom stereocenters. The molecule has 0 aliphatic carbocycles. The Morgan fingerprint density at radius 2 is 2.00 bits per heavy atom. The largest absolute Gasteiger partial charge is 0.379 e. The van der Waals surface area contributed by atoms with Gasteiger partial charge in [0.1, 0.15) is 5.82 Å². The minimum absolute atomic E-state index is 0.0968. The van der Waals surface area contributed by atoms with Gasteiger partial charge in [-0.2, -0.15) is 0 Å². The molecular weight excluding hydrogens is 453 g/mol. The summed E-state index contributed by atoms with van der Waals surface area (Å²) in [5.41, 5.74) is 0.355. The zero-order valence-electron chi connectivity index (χ0n) is 18.1. The molecule has 6 nitrogen and oxygen atoms in total. The molecule has 3 rings (SSSR count). The van der Waals surface area contributed by atoms with Gasteiger partial charge in [-0.1, -0.05) is 35.5 Å². The summed E-state index contributed by atoms with van der Waals surface area (Å²) in [4.78, 5) is 30.4. The maximum absolute atomic E-state index is 13.9. The zero-order valence-corrected chi connectivity index (χ0v) is 19.7. The van der Waals surface area contributed by atoms with E-state index in [1.165, 1.54) is 12.1 Å². The number of fused-ring (bicyclic) bond motifs is 1. The van der Waals surface area contributed by atoms with Crippen LogP contribution in [0, 0.1) is 5.82 Å². The molecule has 0 aliphatic heterocycles. The molecule has 2 aromatic carbocycles. The second-order valence-electron chi connectivity index (χ2n) is 7.51. The fourth-order valence-corrected chi connectivity index (χ4v) is 4.11. The normalized spacial score (nSPS) is 12.3. The summed E-state index contributed by atoms with van der Waals surface area (Å²) < 4.78 is 21.0. The number of rotatable bonds is 9. The first-order valence-electron chi connectivity index (χ1n) is 10.3. The highest BCUT2D eigenvalue weighted by atomic mass is 35.5. The van der Waals surface area contributed by atoms with Crippen LogP contribution in [0.4, 0.5) is 10.1 Å². The van der Waals surface area contributed by atoms with Crippen molar-refractivity contribution in [2.75, 3.05) is 11.9 Å². The zero-order chi connectivity index (χ0) is 23.3. The van der Waals surface area contributed by atoms with Crippen LogP contribution >= 0.6 is 23.4 Å². The summed E-state index contributed by atoms with van der Waals surface area (Å²) in [5.74, 6) is -0.909. The highest BCUT2D eigenvalue weighted by Gasteiger charge is 2.20. The Balaban J connectivity index is 1.87. The average molecular weight is 478 g/mol. The summed E-state index contributed by atoms with van der Waals surface area (Å²) >= 11 is 7.22. The minimum Gasteiger partial charge on any atom is -0.379 e. The van der Waals surface area contributed by atoms with Crippen molar-refractivity contribution in [1.29, 1.82) is 0 Å². The summed E-state index contributed by atoms with van der Waals surface area (Å²) in [6.45, 7) is 6.47. The summed E-state index contributed by atoms with van der Waals surface area (Å²) in [7, 11) is 0. The number of nitrogens with one attached hydrogen (secondary N) is 1. The number of halogens is 2. The van der Waals surface area contributed by atoms with Gasteiger partial charge in [-0.15, -0.1) is 0 Å². The Morgan fingerprint density at radius 3 is 2.72 bits per heavy atom. The number of anilines is 1. The number of hydrogen-bond acceptors (Lipinski definition) is 5. The lowest BCUT2D eigenvalue weighted by atomic mass is 10.2. The molecular formula is C23H25ClFN3O3S. The highest BCUT2D eigenvalue weighted by Crippen LogP contribution is 2.25. The number of amides is 1. The van der Waals surface area contributed by atoms with Crippen LogP contribution in [0.1, 0.15) is 27.2 Å². The predicted octanol–water partition coefficient (Wildman–Crippen LogP) is 5.12. The summed E-state index contributed by atoms with van der Waals surface area (Å²) in [6, 6.07) is 10.9. The van der Waals surface area contributed by atoms with E-state index in [1.807, 2.05) is 13.8 Å². The molecule has 9 heteroatoms. The summed E-state index contributed by atoms with van der Waals surface area (Å²) in [6.07, 6.45) is 0.710. The molecule has 1 aromatic heterocycles. The van der Waals surface area contributed by atoms with Gasteiger partial charge in [0.15, 0.2) is 5.16 Å². The van der Waals surface area contributed by atoms with Crippen LogP contribution in [0.2, 0.25) is 5.02 Å². The summed E-state index contributed by atoms with van der Waals surface area (Å²) in [5, 5.41) is 3.27. The number of carbonyl (C=O) groups excluding carboxylic acids is 1. The fourth-order valence-electron chi connectivity index (χ4n) is 3.01. The van der Waals surface area contributed by atoms with E-state index in [-0.39, 0.29) is 17.4 Å². The van der Waals surface area contributed by atoms with Crippen LogP contribution in [0.15, 0.2) is 52.4 Å². The number of nitrogens with zero attached hydrogens (tertiary/aromatic N) is 2. The second kappa shape index (κ2) is 10.9. The molecule has 0 spiro atoms. The van der Waals surface area contributed by atoms with Crippen molar-refractivity contribution < 1.29 is 13.9 Å². The molecule has 3 aromatic rings. The van der Waals surface area contributed by atoms with Gasteiger partial charge in [0, 0.05) is 18.2 Å². The van der Waals surface area contributed by atoms with Gasteiger partial charge in [-0.3, -0.25) is 14.2 Å². The Hall–Kier alpha value is -2.42. The van der Waals surface area contributed by atoms with E-state index < -0.39 is 17.0 Å². The van der Waals surface area contributed by atoms with E-state index in [1.54, 1.807) is 41.8 Å². The van der Waals surface area contributed by atoms with Gasteiger partial charge >= 0.3 is 0 Å². The Morgan fingerprint density at radius 1 is 1.25 bits per heavy atom. The topological polar surface area (TPSA) is 73.2 Å². The highest BCUT2D eigenvalue weighted by molar-refractivity contribution is 8.00. The lowest BCUT2D eigenvalue weighted by molar-refractivity contribution is -0.115. The van der Waals surface area contributed by atoms with Gasteiger partial charge in [0.05, 0.1) is 27.9 Å². The van der Waals surface area contributed by atoms with Crippen molar-refractivity contribution in [3.8, 4) is 0 Å². The van der Waals surface area contributed by atoms with Crippen molar-refractivity contribution >= 4 is 45.9 Å². The van der Waals surface area contributed by atoms with Gasteiger partial charge in [-0.05, 0) is 57.5 Å². The molecule has 0 fully saturated rings. The van der Waals surface area contributed by atoms with E-state index in [2.05, 4.69) is 10.3 Å². The molecule has 1 heterocycles. The number of thioether (sulfide) groups is 1. The van der Waals surface area contributed by atoms with E-state index in [0.29, 0.717) is 40.7 Å². The van der Waals surface area contributed by atoms with Crippen molar-refractivity contribution in [3.63, 3.8) is 0 Å². The third-order valence-electron chi connectivity index (χ3n) is 4.64. The van der Waals surface area contributed by atoms with Crippen LogP contribution in [0.25, 0.3) is 10.9 Å². The Labute approximate surface area is 195 Å². The first-order chi connectivity index (χ1) is 15.3. The third-order valence-corrected chi connectivity index (χ3v) is 5.97. The molecule has 1 N–H and O–H groups in total. The van der Waals surface area contributed by atoms with Crippen LogP contribution in [-0.2, 0) is 16.1 Å². The van der Waals surface area contributed by atoms with Gasteiger partial charge in [0.2, 0.25) is 5.91 Å². The standard InChI is InChI=1S/C23H25ClFN3O3S/c1-14(2)31-12-6-11-28-22(30)17-10-9-16(24)13-20(17)27-23(28)32-15(3)21(29)26-19-8-5-4-7-18(19)25/h4-5,7-10,13-15H,6,11-12H2,1-3H3,(H,26,29). The maximum Gasteiger partial charge on any atom is 0.262 e. The number of carbonyl (C=O) groups is 1. The lowest BCUT2D eigenvalue weighted by Crippen LogP contribution is -2.27. The van der Waals surface area contributed by atoms with Crippen LogP contribution in [0.5, 0.6) is 0 Å². The van der Waals surface area contributed by atoms with E-state index in [0.717, 1.165) is 11.8 Å². The van der Waals surface area contributed by atoms with E-state index in [4.69, 9.17) is 16.3 Å². The monoisotopic (exact) mass is 477 g/mol. The molecule has 32 heavy (non-hydrogen) atoms. The molecule has 1 unspecified atom stereocenters. The average Bonchev–Trinajstić information content (AvgIpc) is 2.74. The smallest absolute Gasteiger partial charge is 0.262 e. The molecule has 0 saturated heterocycles. The minimum atomic E-state index is -0.628. The van der Waals surface area contributed by atoms with Gasteiger partial charge in [0.25, 0.3) is 5.56 Å². The van der Waals surface area contributed by atoms with Crippen molar-refractivity contribution in [1.82, 2.24) is 9.55 Å². The lowest BCUT2D eigenvalue weighted by Gasteiger charge is -2.17. The van der Waals surface area contributed by atoms with Crippen molar-refractivity contribution in [2.45, 2.75) is 50.2 Å². The van der Waals surface area contributed by atoms with E-state index in [9.17, 15) is 14.0 Å². The maximum atomic E-state index is 13.9. The number of hydrogen-bond donors (Lipinski definition) is 1. The van der Waals surface area contributed by atoms with Crippen molar-refractivity contribution in [2.24, 2.45) is 0 Å². The third kappa shape index (κ3) is 6.09. The molecule has 1 amide bonds. The quantitative estimate of drug-likeness (QED) is 0.263. The first-order valence-corrected chi connectivity index (χ1v) is 11.6. The van der Waals surface area contributed by atoms with Crippen LogP contribution in [-0.4, -0.2) is 33.4 Å². The first kappa shape index (κ1) is 24.2. The van der Waals surface area contributed by atoms with Crippen LogP contribution in [0.3, 0.4) is 0 Å². The van der Waals surface area contributed by atoms with Gasteiger partial charge < -0.3 is 10.1 Å². The van der Waals surface area contributed by atoms with E-state index >= 15 is 0 Å². The Kier molecular flexibility index (Phi) is 8.28. The second-order valence-corrected chi connectivity index (χ2v) is 9.26. The fraction of sp³-hybridized carbons (Fsp3) is 0.348. The number of para-hydroxylation sites is 1. The van der Waals surface area contributed by atoms with Gasteiger partial charge in [-0.25, -0.2) is 9.37 Å². The Bertz CT molecular complexity index is 1170.